The Kier molecular flexibility index (Phi) is 6.07. The largest absolute Gasteiger partial charge is 0.493 e. The maximum Gasteiger partial charge on any atom is 0.263 e. The van der Waals surface area contributed by atoms with Crippen molar-refractivity contribution in [3.8, 4) is 11.5 Å². The van der Waals surface area contributed by atoms with Gasteiger partial charge < -0.3 is 14.8 Å². The van der Waals surface area contributed by atoms with Crippen LogP contribution in [0, 0.1) is 0 Å². The van der Waals surface area contributed by atoms with Crippen molar-refractivity contribution in [3.63, 3.8) is 0 Å². The molecule has 0 saturated heterocycles. The van der Waals surface area contributed by atoms with Gasteiger partial charge in [-0.2, -0.15) is 0 Å². The molecule has 1 heterocycles. The van der Waals surface area contributed by atoms with Gasteiger partial charge in [0, 0.05) is 12.1 Å². The van der Waals surface area contributed by atoms with Gasteiger partial charge in [0.05, 0.1) is 19.1 Å². The molecule has 0 saturated carbocycles. The molecule has 0 aliphatic carbocycles. The van der Waals surface area contributed by atoms with E-state index >= 15 is 0 Å². The summed E-state index contributed by atoms with van der Waals surface area (Å²) in [5.41, 5.74) is 1.46. The molecule has 2 N–H and O–H groups in total. The van der Waals surface area contributed by atoms with Gasteiger partial charge in [0.25, 0.3) is 10.0 Å². The van der Waals surface area contributed by atoms with Crippen molar-refractivity contribution in [2.45, 2.75) is 24.3 Å². The van der Waals surface area contributed by atoms with Gasteiger partial charge in [0.15, 0.2) is 11.5 Å². The van der Waals surface area contributed by atoms with E-state index < -0.39 is 16.1 Å². The molecule has 1 unspecified atom stereocenters. The van der Waals surface area contributed by atoms with Crippen LogP contribution in [0.25, 0.3) is 0 Å². The number of aliphatic imine (C=N–C) groups is 1. The van der Waals surface area contributed by atoms with E-state index in [-0.39, 0.29) is 16.6 Å². The lowest BCUT2D eigenvalue weighted by Crippen LogP contribution is -2.35. The highest BCUT2D eigenvalue weighted by Gasteiger charge is 2.31. The predicted octanol–water partition coefficient (Wildman–Crippen LogP) is 1.49. The van der Waals surface area contributed by atoms with Crippen LogP contribution in [0.1, 0.15) is 18.1 Å². The molecule has 2 aromatic carbocycles. The number of sulfonamides is 1. The van der Waals surface area contributed by atoms with E-state index in [4.69, 9.17) is 9.47 Å². The summed E-state index contributed by atoms with van der Waals surface area (Å²) in [6.07, 6.45) is 0.602. The van der Waals surface area contributed by atoms with Crippen molar-refractivity contribution < 1.29 is 22.7 Å². The zero-order chi connectivity index (χ0) is 21.0. The second kappa shape index (κ2) is 8.52. The molecular weight excluding hydrogens is 394 g/mol. The second-order valence-corrected chi connectivity index (χ2v) is 8.14. The van der Waals surface area contributed by atoms with Crippen LogP contribution in [0.3, 0.4) is 0 Å². The summed E-state index contributed by atoms with van der Waals surface area (Å²) in [7, 11) is -0.484. The predicted molar refractivity (Wildman–Crippen MR) is 109 cm³/mol. The van der Waals surface area contributed by atoms with Gasteiger partial charge in [0.2, 0.25) is 5.91 Å². The molecule has 0 bridgehead atoms. The molecule has 0 fully saturated rings. The van der Waals surface area contributed by atoms with Crippen molar-refractivity contribution in [3.05, 3.63) is 53.6 Å². The Morgan fingerprint density at radius 1 is 1.14 bits per heavy atom. The zero-order valence-electron chi connectivity index (χ0n) is 16.4. The van der Waals surface area contributed by atoms with E-state index in [0.29, 0.717) is 30.0 Å². The first kappa shape index (κ1) is 20.7. The number of amidine groups is 1. The summed E-state index contributed by atoms with van der Waals surface area (Å²) < 4.78 is 37.1. The lowest BCUT2D eigenvalue weighted by atomic mass is 10.1. The molecule has 0 spiro atoms. The minimum atomic E-state index is -3.63. The summed E-state index contributed by atoms with van der Waals surface area (Å²) in [4.78, 5) is 16.8. The van der Waals surface area contributed by atoms with Gasteiger partial charge >= 0.3 is 0 Å². The van der Waals surface area contributed by atoms with Crippen molar-refractivity contribution in [2.24, 2.45) is 4.99 Å². The molecule has 9 heteroatoms. The van der Waals surface area contributed by atoms with Gasteiger partial charge in [-0.05, 0) is 43.2 Å². The fourth-order valence-corrected chi connectivity index (χ4v) is 4.24. The van der Waals surface area contributed by atoms with E-state index in [1.54, 1.807) is 39.3 Å². The summed E-state index contributed by atoms with van der Waals surface area (Å²) in [5.74, 6) is 1.16. The topological polar surface area (TPSA) is 106 Å². The number of carbonyl (C=O) groups is 1. The molecule has 1 atom stereocenters. The Morgan fingerprint density at radius 2 is 1.86 bits per heavy atom. The average molecular weight is 417 g/mol. The number of carbonyl (C=O) groups excluding carboxylic acids is 1. The number of benzene rings is 2. The Balaban J connectivity index is 1.61. The van der Waals surface area contributed by atoms with Crippen molar-refractivity contribution in [2.75, 3.05) is 20.8 Å². The number of nitrogens with one attached hydrogen (secondary N) is 2. The van der Waals surface area contributed by atoms with Crippen LogP contribution in [0.4, 0.5) is 0 Å². The van der Waals surface area contributed by atoms with E-state index in [1.165, 1.54) is 6.07 Å². The lowest BCUT2D eigenvalue weighted by Gasteiger charge is -2.11. The van der Waals surface area contributed by atoms with Crippen molar-refractivity contribution in [1.82, 2.24) is 10.0 Å². The van der Waals surface area contributed by atoms with Crippen LogP contribution in [-0.4, -0.2) is 47.0 Å². The summed E-state index contributed by atoms with van der Waals surface area (Å²) in [6.45, 7) is 2.03. The molecule has 1 aliphatic heterocycles. The van der Waals surface area contributed by atoms with E-state index in [9.17, 15) is 13.2 Å². The third-order valence-electron chi connectivity index (χ3n) is 4.53. The van der Waals surface area contributed by atoms with Gasteiger partial charge in [-0.1, -0.05) is 18.2 Å². The van der Waals surface area contributed by atoms with Gasteiger partial charge in [-0.15, -0.1) is 0 Å². The van der Waals surface area contributed by atoms with Crippen LogP contribution in [0.2, 0.25) is 0 Å². The average Bonchev–Trinajstić information content (AvgIpc) is 2.98. The molecule has 2 aromatic rings. The highest BCUT2D eigenvalue weighted by Crippen LogP contribution is 2.27. The maximum absolute atomic E-state index is 12.4. The van der Waals surface area contributed by atoms with E-state index in [1.807, 2.05) is 18.2 Å². The Labute approximate surface area is 170 Å². The number of ether oxygens (including phenoxy) is 2. The van der Waals surface area contributed by atoms with Crippen molar-refractivity contribution in [1.29, 1.82) is 0 Å². The standard InChI is InChI=1S/C20H23N3O5S/c1-13(22-19-15-6-4-5-7-18(15)29(25,26)23-19)20(24)21-11-10-14-8-9-16(27-2)17(12-14)28-3/h4-9,12-13H,10-11H2,1-3H3,(H,21,24)(H,22,23). The Bertz CT molecular complexity index is 1050. The Hall–Kier alpha value is -3.07. The van der Waals surface area contributed by atoms with Crippen LogP contribution in [-0.2, 0) is 21.2 Å². The van der Waals surface area contributed by atoms with Gasteiger partial charge in [0.1, 0.15) is 11.9 Å². The molecular formula is C20H23N3O5S. The molecule has 1 amide bonds. The normalized spacial score (nSPS) is 16.6. The highest BCUT2D eigenvalue weighted by molar-refractivity contribution is 7.90. The van der Waals surface area contributed by atoms with E-state index in [2.05, 4.69) is 15.0 Å². The van der Waals surface area contributed by atoms with Crippen molar-refractivity contribution >= 4 is 21.8 Å². The number of amides is 1. The SMILES string of the molecule is COc1ccc(CCNC(=O)C(C)N=C2NS(=O)(=O)c3ccccc32)cc1OC. The molecule has 154 valence electrons. The quantitative estimate of drug-likeness (QED) is 0.710. The maximum atomic E-state index is 12.4. The molecule has 8 nitrogen and oxygen atoms in total. The first-order valence-electron chi connectivity index (χ1n) is 9.04. The van der Waals surface area contributed by atoms with E-state index in [0.717, 1.165) is 5.56 Å². The molecule has 3 rings (SSSR count). The Morgan fingerprint density at radius 3 is 2.59 bits per heavy atom. The number of hydrogen-bond donors (Lipinski definition) is 2. The second-order valence-electron chi connectivity index (χ2n) is 6.49. The number of nitrogens with zero attached hydrogens (tertiary/aromatic N) is 1. The molecule has 0 radical (unpaired) electrons. The minimum absolute atomic E-state index is 0.166. The number of rotatable bonds is 7. The summed E-state index contributed by atoms with van der Waals surface area (Å²) in [5, 5.41) is 2.82. The van der Waals surface area contributed by atoms with Gasteiger partial charge in [-0.3, -0.25) is 14.5 Å². The first-order chi connectivity index (χ1) is 13.9. The summed E-state index contributed by atoms with van der Waals surface area (Å²) >= 11 is 0. The first-order valence-corrected chi connectivity index (χ1v) is 10.5. The van der Waals surface area contributed by atoms with Crippen LogP contribution in [0.15, 0.2) is 52.4 Å². The monoisotopic (exact) mass is 417 g/mol. The fourth-order valence-electron chi connectivity index (χ4n) is 3.00. The third-order valence-corrected chi connectivity index (χ3v) is 5.92. The number of methoxy groups -OCH3 is 2. The minimum Gasteiger partial charge on any atom is -0.493 e. The van der Waals surface area contributed by atoms with Crippen LogP contribution in [0.5, 0.6) is 11.5 Å². The lowest BCUT2D eigenvalue weighted by molar-refractivity contribution is -0.121. The smallest absolute Gasteiger partial charge is 0.263 e. The molecule has 1 aliphatic rings. The van der Waals surface area contributed by atoms with Crippen LogP contribution < -0.4 is 19.5 Å². The number of hydrogen-bond acceptors (Lipinski definition) is 6. The highest BCUT2D eigenvalue weighted by atomic mass is 32.2. The van der Waals surface area contributed by atoms with Crippen LogP contribution >= 0.6 is 0 Å². The number of fused-ring (bicyclic) bond motifs is 1. The molecule has 0 aromatic heterocycles. The third kappa shape index (κ3) is 4.51. The van der Waals surface area contributed by atoms with Gasteiger partial charge in [-0.25, -0.2) is 8.42 Å². The zero-order valence-corrected chi connectivity index (χ0v) is 17.2. The summed E-state index contributed by atoms with van der Waals surface area (Å²) in [6, 6.07) is 11.4. The molecule has 29 heavy (non-hydrogen) atoms. The fraction of sp³-hybridized carbons (Fsp3) is 0.300.